The average molecular weight is 330 g/mol. The Hall–Kier alpha value is -2.04. The number of amides is 2. The van der Waals surface area contributed by atoms with E-state index in [2.05, 4.69) is 5.32 Å². The van der Waals surface area contributed by atoms with Gasteiger partial charge in [-0.2, -0.15) is 0 Å². The molecule has 1 heterocycles. The standard InChI is InChI=1S/C19H26N2O3/c1-13(2)24-17-9-7-16(8-10-17)21-12-14(11-18(21)22)19(23)20-15-5-3-4-6-15/h7-10,13-15H,3-6,11-12H2,1-2H3,(H,20,23). The van der Waals surface area contributed by atoms with Gasteiger partial charge in [0.15, 0.2) is 0 Å². The molecule has 0 aromatic heterocycles. The molecule has 130 valence electrons. The van der Waals surface area contributed by atoms with E-state index in [1.54, 1.807) is 4.90 Å². The number of carbonyl (C=O) groups excluding carboxylic acids is 2. The molecule has 0 spiro atoms. The van der Waals surface area contributed by atoms with Crippen LogP contribution >= 0.6 is 0 Å². The first-order chi connectivity index (χ1) is 11.5. The fourth-order valence-corrected chi connectivity index (χ4v) is 3.50. The smallest absolute Gasteiger partial charge is 0.227 e. The second kappa shape index (κ2) is 7.24. The Morgan fingerprint density at radius 3 is 2.50 bits per heavy atom. The number of hydrogen-bond donors (Lipinski definition) is 1. The highest BCUT2D eigenvalue weighted by Crippen LogP contribution is 2.28. The lowest BCUT2D eigenvalue weighted by Crippen LogP contribution is -2.38. The first-order valence-electron chi connectivity index (χ1n) is 8.90. The van der Waals surface area contributed by atoms with Crippen molar-refractivity contribution in [1.82, 2.24) is 5.32 Å². The van der Waals surface area contributed by atoms with E-state index in [1.807, 2.05) is 38.1 Å². The van der Waals surface area contributed by atoms with Crippen molar-refractivity contribution in [1.29, 1.82) is 0 Å². The molecular weight excluding hydrogens is 304 g/mol. The summed E-state index contributed by atoms with van der Waals surface area (Å²) in [7, 11) is 0. The van der Waals surface area contributed by atoms with Gasteiger partial charge in [0.2, 0.25) is 11.8 Å². The number of anilines is 1. The number of ether oxygens (including phenoxy) is 1. The number of rotatable bonds is 5. The summed E-state index contributed by atoms with van der Waals surface area (Å²) < 4.78 is 5.62. The van der Waals surface area contributed by atoms with Crippen LogP contribution in [0.3, 0.4) is 0 Å². The van der Waals surface area contributed by atoms with Crippen molar-refractivity contribution in [2.75, 3.05) is 11.4 Å². The summed E-state index contributed by atoms with van der Waals surface area (Å²) >= 11 is 0. The lowest BCUT2D eigenvalue weighted by molar-refractivity contribution is -0.126. The summed E-state index contributed by atoms with van der Waals surface area (Å²) in [5.74, 6) is 0.581. The van der Waals surface area contributed by atoms with Gasteiger partial charge in [-0.25, -0.2) is 0 Å². The molecule has 2 aliphatic rings. The van der Waals surface area contributed by atoms with E-state index >= 15 is 0 Å². The van der Waals surface area contributed by atoms with Gasteiger partial charge in [0.05, 0.1) is 12.0 Å². The lowest BCUT2D eigenvalue weighted by Gasteiger charge is -2.19. The fraction of sp³-hybridized carbons (Fsp3) is 0.579. The third kappa shape index (κ3) is 3.89. The van der Waals surface area contributed by atoms with Crippen LogP contribution in [0.15, 0.2) is 24.3 Å². The monoisotopic (exact) mass is 330 g/mol. The largest absolute Gasteiger partial charge is 0.491 e. The number of carbonyl (C=O) groups is 2. The molecule has 2 amide bonds. The minimum absolute atomic E-state index is 0.0131. The summed E-state index contributed by atoms with van der Waals surface area (Å²) in [6.07, 6.45) is 4.91. The first kappa shape index (κ1) is 16.8. The maximum atomic E-state index is 12.4. The van der Waals surface area contributed by atoms with E-state index in [-0.39, 0.29) is 23.8 Å². The maximum absolute atomic E-state index is 12.4. The molecule has 24 heavy (non-hydrogen) atoms. The van der Waals surface area contributed by atoms with Crippen LogP contribution in [0.4, 0.5) is 5.69 Å². The van der Waals surface area contributed by atoms with Crippen LogP contribution in [0.5, 0.6) is 5.75 Å². The zero-order valence-corrected chi connectivity index (χ0v) is 14.5. The second-order valence-corrected chi connectivity index (χ2v) is 7.06. The summed E-state index contributed by atoms with van der Waals surface area (Å²) in [6.45, 7) is 4.42. The van der Waals surface area contributed by atoms with Gasteiger partial charge >= 0.3 is 0 Å². The zero-order valence-electron chi connectivity index (χ0n) is 14.5. The van der Waals surface area contributed by atoms with Crippen molar-refractivity contribution < 1.29 is 14.3 Å². The van der Waals surface area contributed by atoms with E-state index < -0.39 is 0 Å². The Balaban J connectivity index is 1.60. The SMILES string of the molecule is CC(C)Oc1ccc(N2CC(C(=O)NC3CCCC3)CC2=O)cc1. The predicted octanol–water partition coefficient (Wildman–Crippen LogP) is 2.89. The quantitative estimate of drug-likeness (QED) is 0.903. The van der Waals surface area contributed by atoms with Crippen molar-refractivity contribution in [2.45, 2.75) is 58.1 Å². The zero-order chi connectivity index (χ0) is 17.1. The molecule has 1 aliphatic heterocycles. The molecule has 2 fully saturated rings. The number of hydrogen-bond acceptors (Lipinski definition) is 3. The van der Waals surface area contributed by atoms with Crippen LogP contribution in [-0.2, 0) is 9.59 Å². The maximum Gasteiger partial charge on any atom is 0.227 e. The fourth-order valence-electron chi connectivity index (χ4n) is 3.50. The summed E-state index contributed by atoms with van der Waals surface area (Å²) in [6, 6.07) is 7.80. The van der Waals surface area contributed by atoms with Gasteiger partial charge in [0.1, 0.15) is 5.75 Å². The number of nitrogens with one attached hydrogen (secondary N) is 1. The molecule has 1 unspecified atom stereocenters. The molecule has 1 saturated carbocycles. The van der Waals surface area contributed by atoms with Crippen molar-refractivity contribution in [3.8, 4) is 5.75 Å². The third-order valence-electron chi connectivity index (χ3n) is 4.72. The molecule has 1 atom stereocenters. The van der Waals surface area contributed by atoms with Crippen molar-refractivity contribution >= 4 is 17.5 Å². The van der Waals surface area contributed by atoms with Gasteiger partial charge in [-0.15, -0.1) is 0 Å². The second-order valence-electron chi connectivity index (χ2n) is 7.06. The Morgan fingerprint density at radius 1 is 1.21 bits per heavy atom. The summed E-state index contributed by atoms with van der Waals surface area (Å²) in [5.41, 5.74) is 0.826. The van der Waals surface area contributed by atoms with E-state index in [1.165, 1.54) is 12.8 Å². The molecule has 1 aromatic rings. The summed E-state index contributed by atoms with van der Waals surface area (Å²) in [4.78, 5) is 26.4. The Kier molecular flexibility index (Phi) is 5.07. The molecule has 1 N–H and O–H groups in total. The van der Waals surface area contributed by atoms with Crippen molar-refractivity contribution in [2.24, 2.45) is 5.92 Å². The van der Waals surface area contributed by atoms with Crippen molar-refractivity contribution in [3.63, 3.8) is 0 Å². The van der Waals surface area contributed by atoms with Crippen LogP contribution in [-0.4, -0.2) is 30.5 Å². The molecule has 0 radical (unpaired) electrons. The van der Waals surface area contributed by atoms with Gasteiger partial charge in [-0.3, -0.25) is 9.59 Å². The van der Waals surface area contributed by atoms with Gasteiger partial charge in [-0.05, 0) is 51.0 Å². The van der Waals surface area contributed by atoms with E-state index in [0.717, 1.165) is 24.3 Å². The van der Waals surface area contributed by atoms with Crippen molar-refractivity contribution in [3.05, 3.63) is 24.3 Å². The minimum atomic E-state index is -0.246. The molecule has 5 heteroatoms. The molecule has 5 nitrogen and oxygen atoms in total. The number of benzene rings is 1. The minimum Gasteiger partial charge on any atom is -0.491 e. The van der Waals surface area contributed by atoms with Crippen LogP contribution < -0.4 is 15.0 Å². The molecule has 0 bridgehead atoms. The molecule has 1 aromatic carbocycles. The van der Waals surface area contributed by atoms with E-state index in [4.69, 9.17) is 4.74 Å². The Morgan fingerprint density at radius 2 is 1.88 bits per heavy atom. The average Bonchev–Trinajstić information content (AvgIpc) is 3.17. The van der Waals surface area contributed by atoms with Gasteiger partial charge in [0.25, 0.3) is 0 Å². The van der Waals surface area contributed by atoms with E-state index in [0.29, 0.717) is 19.0 Å². The van der Waals surface area contributed by atoms with Crippen LogP contribution in [0.1, 0.15) is 46.0 Å². The molecular formula is C19H26N2O3. The topological polar surface area (TPSA) is 58.6 Å². The highest BCUT2D eigenvalue weighted by Gasteiger charge is 2.36. The summed E-state index contributed by atoms with van der Waals surface area (Å²) in [5, 5.41) is 3.11. The highest BCUT2D eigenvalue weighted by molar-refractivity contribution is 6.00. The predicted molar refractivity (Wildman–Crippen MR) is 93.1 cm³/mol. The Bertz CT molecular complexity index is 591. The molecule has 1 saturated heterocycles. The molecule has 3 rings (SSSR count). The van der Waals surface area contributed by atoms with E-state index in [9.17, 15) is 9.59 Å². The van der Waals surface area contributed by atoms with Crippen LogP contribution in [0.2, 0.25) is 0 Å². The normalized spacial score (nSPS) is 21.5. The number of nitrogens with zero attached hydrogens (tertiary/aromatic N) is 1. The van der Waals surface area contributed by atoms with Crippen LogP contribution in [0.25, 0.3) is 0 Å². The van der Waals surface area contributed by atoms with Gasteiger partial charge in [-0.1, -0.05) is 12.8 Å². The highest BCUT2D eigenvalue weighted by atomic mass is 16.5. The third-order valence-corrected chi connectivity index (χ3v) is 4.72. The molecule has 1 aliphatic carbocycles. The lowest BCUT2D eigenvalue weighted by atomic mass is 10.1. The van der Waals surface area contributed by atoms with Gasteiger partial charge in [0, 0.05) is 24.7 Å². The Labute approximate surface area is 143 Å². The van der Waals surface area contributed by atoms with Gasteiger partial charge < -0.3 is 15.0 Å². The van der Waals surface area contributed by atoms with Crippen LogP contribution in [0, 0.1) is 5.92 Å². The first-order valence-corrected chi connectivity index (χ1v) is 8.90.